The summed E-state index contributed by atoms with van der Waals surface area (Å²) in [4.78, 5) is 2.51. The minimum atomic E-state index is 0.659. The third-order valence-corrected chi connectivity index (χ3v) is 3.37. The van der Waals surface area contributed by atoms with E-state index >= 15 is 0 Å². The molecule has 0 aromatic heterocycles. The van der Waals surface area contributed by atoms with Gasteiger partial charge >= 0.3 is 0 Å². The molecule has 0 atom stereocenters. The van der Waals surface area contributed by atoms with Gasteiger partial charge in [0.25, 0.3) is 0 Å². The molecule has 0 aliphatic heterocycles. The largest absolute Gasteiger partial charge is 0.492 e. The van der Waals surface area contributed by atoms with Crippen LogP contribution in [-0.4, -0.2) is 19.2 Å². The third-order valence-electron chi connectivity index (χ3n) is 3.37. The van der Waals surface area contributed by atoms with Crippen LogP contribution in [0.15, 0.2) is 18.2 Å². The molecule has 3 nitrogen and oxygen atoms in total. The molecular formula is C15H24N2O. The quantitative estimate of drug-likeness (QED) is 0.751. The summed E-state index contributed by atoms with van der Waals surface area (Å²) in [6, 6.07) is 6.90. The van der Waals surface area contributed by atoms with Gasteiger partial charge in [0.15, 0.2) is 0 Å². The summed E-state index contributed by atoms with van der Waals surface area (Å²) in [6.07, 6.45) is 5.11. The summed E-state index contributed by atoms with van der Waals surface area (Å²) in [5.41, 5.74) is 7.91. The Morgan fingerprint density at radius 2 is 2.11 bits per heavy atom. The van der Waals surface area contributed by atoms with Gasteiger partial charge in [-0.1, -0.05) is 13.3 Å². The minimum Gasteiger partial charge on any atom is -0.492 e. The molecule has 1 aromatic rings. The average Bonchev–Trinajstić information content (AvgIpc) is 3.18. The number of ether oxygens (including phenoxy) is 1. The number of nitrogens with two attached hydrogens (primary N) is 1. The molecule has 0 unspecified atom stereocenters. The van der Waals surface area contributed by atoms with Gasteiger partial charge in [0, 0.05) is 24.3 Å². The van der Waals surface area contributed by atoms with E-state index in [4.69, 9.17) is 10.5 Å². The summed E-state index contributed by atoms with van der Waals surface area (Å²) < 4.78 is 5.58. The van der Waals surface area contributed by atoms with E-state index in [1.165, 1.54) is 31.4 Å². The maximum Gasteiger partial charge on any atom is 0.144 e. The highest BCUT2D eigenvalue weighted by Crippen LogP contribution is 2.35. The Bertz CT molecular complexity index is 388. The fourth-order valence-corrected chi connectivity index (χ4v) is 2.22. The van der Waals surface area contributed by atoms with Crippen molar-refractivity contribution < 1.29 is 4.74 Å². The first-order valence-electron chi connectivity index (χ1n) is 7.05. The predicted molar refractivity (Wildman–Crippen MR) is 77.3 cm³/mol. The van der Waals surface area contributed by atoms with Gasteiger partial charge in [0.05, 0.1) is 12.3 Å². The molecule has 1 aliphatic carbocycles. The topological polar surface area (TPSA) is 38.5 Å². The minimum absolute atomic E-state index is 0.659. The summed E-state index contributed by atoms with van der Waals surface area (Å²) in [7, 11) is 0. The Hall–Kier alpha value is -1.38. The highest BCUT2D eigenvalue weighted by atomic mass is 16.5. The van der Waals surface area contributed by atoms with Crippen molar-refractivity contribution in [1.82, 2.24) is 0 Å². The molecule has 18 heavy (non-hydrogen) atoms. The Morgan fingerprint density at radius 1 is 1.33 bits per heavy atom. The van der Waals surface area contributed by atoms with Crippen molar-refractivity contribution in [3.05, 3.63) is 18.2 Å². The van der Waals surface area contributed by atoms with Gasteiger partial charge in [-0.15, -0.1) is 0 Å². The second-order valence-corrected chi connectivity index (χ2v) is 4.93. The van der Waals surface area contributed by atoms with E-state index in [2.05, 4.69) is 24.0 Å². The van der Waals surface area contributed by atoms with Crippen molar-refractivity contribution in [1.29, 1.82) is 0 Å². The lowest BCUT2D eigenvalue weighted by atomic mass is 10.2. The van der Waals surface area contributed by atoms with Crippen molar-refractivity contribution >= 4 is 11.4 Å². The van der Waals surface area contributed by atoms with Crippen molar-refractivity contribution in [2.24, 2.45) is 0 Å². The highest BCUT2D eigenvalue weighted by molar-refractivity contribution is 5.63. The molecule has 1 fully saturated rings. The number of unbranched alkanes of at least 4 members (excludes halogenated alkanes) is 1. The maximum atomic E-state index is 5.92. The lowest BCUT2D eigenvalue weighted by Crippen LogP contribution is -2.26. The molecule has 0 heterocycles. The molecule has 0 bridgehead atoms. The number of hydrogen-bond donors (Lipinski definition) is 1. The smallest absolute Gasteiger partial charge is 0.144 e. The molecule has 3 heteroatoms. The van der Waals surface area contributed by atoms with Crippen LogP contribution >= 0.6 is 0 Å². The number of nitrogen functional groups attached to an aromatic ring is 1. The van der Waals surface area contributed by atoms with Crippen molar-refractivity contribution in [3.8, 4) is 5.75 Å². The first-order chi connectivity index (χ1) is 8.76. The van der Waals surface area contributed by atoms with E-state index in [0.29, 0.717) is 6.61 Å². The van der Waals surface area contributed by atoms with Crippen LogP contribution in [0.3, 0.4) is 0 Å². The number of hydrogen-bond acceptors (Lipinski definition) is 3. The summed E-state index contributed by atoms with van der Waals surface area (Å²) in [5.74, 6) is 0.817. The van der Waals surface area contributed by atoms with Gasteiger partial charge in [0.1, 0.15) is 5.75 Å². The number of anilines is 2. The van der Waals surface area contributed by atoms with Crippen molar-refractivity contribution in [2.45, 2.75) is 45.6 Å². The summed E-state index contributed by atoms with van der Waals surface area (Å²) >= 11 is 0. The Balaban J connectivity index is 2.15. The number of nitrogens with zero attached hydrogens (tertiary/aromatic N) is 1. The molecule has 1 aliphatic rings. The fraction of sp³-hybridized carbons (Fsp3) is 0.600. The zero-order chi connectivity index (χ0) is 13.0. The van der Waals surface area contributed by atoms with E-state index < -0.39 is 0 Å². The van der Waals surface area contributed by atoms with Crippen molar-refractivity contribution in [2.75, 3.05) is 23.8 Å². The Kier molecular flexibility index (Phi) is 4.34. The van der Waals surface area contributed by atoms with Gasteiger partial charge < -0.3 is 15.4 Å². The molecular weight excluding hydrogens is 224 g/mol. The van der Waals surface area contributed by atoms with E-state index in [1.807, 2.05) is 13.0 Å². The van der Waals surface area contributed by atoms with E-state index in [1.54, 1.807) is 0 Å². The van der Waals surface area contributed by atoms with Crippen LogP contribution in [-0.2, 0) is 0 Å². The SMILES string of the molecule is CCCCN(c1ccc(N)c(OCC)c1)C1CC1. The molecule has 0 saturated heterocycles. The summed E-state index contributed by atoms with van der Waals surface area (Å²) in [6.45, 7) is 6.02. The van der Waals surface area contributed by atoms with Crippen LogP contribution in [0.4, 0.5) is 11.4 Å². The Morgan fingerprint density at radius 3 is 2.72 bits per heavy atom. The average molecular weight is 248 g/mol. The molecule has 1 aromatic carbocycles. The predicted octanol–water partition coefficient (Wildman–Crippen LogP) is 3.44. The van der Waals surface area contributed by atoms with Gasteiger partial charge in [-0.2, -0.15) is 0 Å². The van der Waals surface area contributed by atoms with Crippen LogP contribution in [0, 0.1) is 0 Å². The molecule has 0 radical (unpaired) electrons. The molecule has 0 spiro atoms. The lowest BCUT2D eigenvalue weighted by Gasteiger charge is -2.25. The van der Waals surface area contributed by atoms with Crippen molar-refractivity contribution in [3.63, 3.8) is 0 Å². The second-order valence-electron chi connectivity index (χ2n) is 4.93. The van der Waals surface area contributed by atoms with E-state index in [9.17, 15) is 0 Å². The zero-order valence-corrected chi connectivity index (χ0v) is 11.5. The van der Waals surface area contributed by atoms with Crippen LogP contribution < -0.4 is 15.4 Å². The third kappa shape index (κ3) is 3.09. The molecule has 1 saturated carbocycles. The summed E-state index contributed by atoms with van der Waals surface area (Å²) in [5, 5.41) is 0. The fourth-order valence-electron chi connectivity index (χ4n) is 2.22. The van der Waals surface area contributed by atoms with Gasteiger partial charge in [-0.25, -0.2) is 0 Å². The first-order valence-corrected chi connectivity index (χ1v) is 7.05. The highest BCUT2D eigenvalue weighted by Gasteiger charge is 2.29. The van der Waals surface area contributed by atoms with Gasteiger partial charge in [-0.3, -0.25) is 0 Å². The van der Waals surface area contributed by atoms with Crippen LogP contribution in [0.2, 0.25) is 0 Å². The molecule has 100 valence electrons. The van der Waals surface area contributed by atoms with Crippen LogP contribution in [0.25, 0.3) is 0 Å². The van der Waals surface area contributed by atoms with Crippen LogP contribution in [0.1, 0.15) is 39.5 Å². The monoisotopic (exact) mass is 248 g/mol. The van der Waals surface area contributed by atoms with Gasteiger partial charge in [-0.05, 0) is 38.3 Å². The van der Waals surface area contributed by atoms with Crippen LogP contribution in [0.5, 0.6) is 5.75 Å². The zero-order valence-electron chi connectivity index (χ0n) is 11.5. The normalized spacial score (nSPS) is 14.6. The lowest BCUT2D eigenvalue weighted by molar-refractivity contribution is 0.342. The van der Waals surface area contributed by atoms with Gasteiger partial charge in [0.2, 0.25) is 0 Å². The Labute approximate surface area is 110 Å². The number of benzene rings is 1. The molecule has 0 amide bonds. The molecule has 2 rings (SSSR count). The molecule has 2 N–H and O–H groups in total. The van der Waals surface area contributed by atoms with E-state index in [0.717, 1.165) is 24.0 Å². The number of rotatable bonds is 7. The van der Waals surface area contributed by atoms with E-state index in [-0.39, 0.29) is 0 Å². The second kappa shape index (κ2) is 5.98. The standard InChI is InChI=1S/C15H24N2O/c1-3-5-10-17(12-6-7-12)13-8-9-14(16)15(11-13)18-4-2/h8-9,11-12H,3-7,10,16H2,1-2H3. The maximum absolute atomic E-state index is 5.92. The first kappa shape index (κ1) is 13.1.